The standard InChI is InChI=1S/C15H18F2O/c1-2-10-3-4-11(7-10)15(18)9-12-8-13(16)5-6-14(12)17/h5-6,8,10-11H,2-4,7,9H2,1H3. The highest BCUT2D eigenvalue weighted by atomic mass is 19.1. The van der Waals surface area contributed by atoms with Crippen molar-refractivity contribution in [1.82, 2.24) is 0 Å². The first-order chi connectivity index (χ1) is 8.60. The summed E-state index contributed by atoms with van der Waals surface area (Å²) in [5.41, 5.74) is 0.181. The lowest BCUT2D eigenvalue weighted by Gasteiger charge is -2.10. The van der Waals surface area contributed by atoms with Gasteiger partial charge in [0.1, 0.15) is 17.4 Å². The maximum Gasteiger partial charge on any atom is 0.140 e. The molecule has 0 spiro atoms. The number of hydrogen-bond donors (Lipinski definition) is 0. The second-order valence-electron chi connectivity index (χ2n) is 5.16. The van der Waals surface area contributed by atoms with Gasteiger partial charge in [-0.15, -0.1) is 0 Å². The van der Waals surface area contributed by atoms with Crippen LogP contribution < -0.4 is 0 Å². The van der Waals surface area contributed by atoms with Crippen molar-refractivity contribution in [1.29, 1.82) is 0 Å². The maximum absolute atomic E-state index is 13.4. The van der Waals surface area contributed by atoms with E-state index in [9.17, 15) is 13.6 Å². The fourth-order valence-corrected chi connectivity index (χ4v) is 2.75. The molecule has 1 aliphatic rings. The summed E-state index contributed by atoms with van der Waals surface area (Å²) in [5, 5.41) is 0. The van der Waals surface area contributed by atoms with Crippen molar-refractivity contribution < 1.29 is 13.6 Å². The van der Waals surface area contributed by atoms with E-state index in [-0.39, 0.29) is 23.7 Å². The molecule has 0 aliphatic heterocycles. The molecule has 1 saturated carbocycles. The van der Waals surface area contributed by atoms with E-state index in [4.69, 9.17) is 0 Å². The zero-order chi connectivity index (χ0) is 13.1. The van der Waals surface area contributed by atoms with Gasteiger partial charge in [-0.25, -0.2) is 8.78 Å². The summed E-state index contributed by atoms with van der Waals surface area (Å²) in [6.45, 7) is 2.13. The summed E-state index contributed by atoms with van der Waals surface area (Å²) in [5.74, 6) is -0.267. The van der Waals surface area contributed by atoms with Crippen LogP contribution in [-0.4, -0.2) is 5.78 Å². The van der Waals surface area contributed by atoms with E-state index in [1.54, 1.807) is 0 Å². The molecule has 1 fully saturated rings. The molecule has 0 aromatic heterocycles. The first-order valence-corrected chi connectivity index (χ1v) is 6.56. The predicted octanol–water partition coefficient (Wildman–Crippen LogP) is 3.90. The van der Waals surface area contributed by atoms with Crippen LogP contribution in [0, 0.1) is 23.5 Å². The average Bonchev–Trinajstić information content (AvgIpc) is 2.82. The molecule has 2 atom stereocenters. The predicted molar refractivity (Wildman–Crippen MR) is 66.2 cm³/mol. The second-order valence-corrected chi connectivity index (χ2v) is 5.16. The van der Waals surface area contributed by atoms with E-state index < -0.39 is 11.6 Å². The monoisotopic (exact) mass is 252 g/mol. The van der Waals surface area contributed by atoms with Crippen LogP contribution in [0.4, 0.5) is 8.78 Å². The summed E-state index contributed by atoms with van der Waals surface area (Å²) in [4.78, 5) is 12.1. The third-order valence-corrected chi connectivity index (χ3v) is 3.95. The molecule has 2 rings (SSSR count). The minimum absolute atomic E-state index is 0.0185. The summed E-state index contributed by atoms with van der Waals surface area (Å²) in [7, 11) is 0. The Kier molecular flexibility index (Phi) is 4.10. The van der Waals surface area contributed by atoms with Crippen LogP contribution in [0.2, 0.25) is 0 Å². The van der Waals surface area contributed by atoms with Gasteiger partial charge in [0.05, 0.1) is 0 Å². The molecular weight excluding hydrogens is 234 g/mol. The number of hydrogen-bond acceptors (Lipinski definition) is 1. The van der Waals surface area contributed by atoms with Gasteiger partial charge in [0.25, 0.3) is 0 Å². The van der Waals surface area contributed by atoms with Crippen LogP contribution in [0.15, 0.2) is 18.2 Å². The third kappa shape index (κ3) is 2.95. The molecule has 3 heteroatoms. The van der Waals surface area contributed by atoms with E-state index in [1.807, 2.05) is 0 Å². The fourth-order valence-electron chi connectivity index (χ4n) is 2.75. The Labute approximate surface area is 106 Å². The maximum atomic E-state index is 13.4. The fraction of sp³-hybridized carbons (Fsp3) is 0.533. The van der Waals surface area contributed by atoms with Gasteiger partial charge in [-0.1, -0.05) is 13.3 Å². The first-order valence-electron chi connectivity index (χ1n) is 6.56. The zero-order valence-electron chi connectivity index (χ0n) is 10.6. The van der Waals surface area contributed by atoms with Gasteiger partial charge >= 0.3 is 0 Å². The Hall–Kier alpha value is -1.25. The lowest BCUT2D eigenvalue weighted by molar-refractivity contribution is -0.122. The van der Waals surface area contributed by atoms with Crippen molar-refractivity contribution in [3.05, 3.63) is 35.4 Å². The highest BCUT2D eigenvalue weighted by Crippen LogP contribution is 2.34. The van der Waals surface area contributed by atoms with E-state index in [0.29, 0.717) is 5.92 Å². The van der Waals surface area contributed by atoms with Gasteiger partial charge < -0.3 is 0 Å². The molecule has 0 radical (unpaired) electrons. The SMILES string of the molecule is CCC1CCC(C(=O)Cc2cc(F)ccc2F)C1. The normalized spacial score (nSPS) is 23.3. The number of ketones is 1. The largest absolute Gasteiger partial charge is 0.299 e. The Morgan fingerprint density at radius 1 is 1.33 bits per heavy atom. The zero-order valence-corrected chi connectivity index (χ0v) is 10.6. The van der Waals surface area contributed by atoms with Crippen LogP contribution in [0.3, 0.4) is 0 Å². The molecule has 1 aromatic rings. The van der Waals surface area contributed by atoms with Crippen molar-refractivity contribution in [2.75, 3.05) is 0 Å². The Morgan fingerprint density at radius 2 is 2.11 bits per heavy atom. The van der Waals surface area contributed by atoms with E-state index in [1.165, 1.54) is 0 Å². The van der Waals surface area contributed by atoms with Gasteiger partial charge in [0.15, 0.2) is 0 Å². The molecule has 98 valence electrons. The molecule has 1 aromatic carbocycles. The van der Waals surface area contributed by atoms with Crippen molar-refractivity contribution in [3.8, 4) is 0 Å². The molecule has 0 N–H and O–H groups in total. The number of carbonyl (C=O) groups excluding carboxylic acids is 1. The highest BCUT2D eigenvalue weighted by Gasteiger charge is 2.28. The minimum Gasteiger partial charge on any atom is -0.299 e. The second kappa shape index (κ2) is 5.59. The molecule has 0 saturated heterocycles. The molecular formula is C15H18F2O. The molecule has 1 aliphatic carbocycles. The topological polar surface area (TPSA) is 17.1 Å². The average molecular weight is 252 g/mol. The molecule has 0 heterocycles. The number of Topliss-reactive ketones (excluding diaryl/α,β-unsaturated/α-hetero) is 1. The smallest absolute Gasteiger partial charge is 0.140 e. The molecule has 0 bridgehead atoms. The summed E-state index contributed by atoms with van der Waals surface area (Å²) >= 11 is 0. The molecule has 2 unspecified atom stereocenters. The van der Waals surface area contributed by atoms with Crippen molar-refractivity contribution in [2.45, 2.75) is 39.0 Å². The quantitative estimate of drug-likeness (QED) is 0.794. The summed E-state index contributed by atoms with van der Waals surface area (Å²) in [6.07, 6.45) is 4.00. The Balaban J connectivity index is 2.01. The summed E-state index contributed by atoms with van der Waals surface area (Å²) < 4.78 is 26.5. The minimum atomic E-state index is -0.491. The van der Waals surface area contributed by atoms with Gasteiger partial charge in [-0.3, -0.25) is 4.79 Å². The van der Waals surface area contributed by atoms with Gasteiger partial charge in [-0.05, 0) is 48.9 Å². The molecule has 1 nitrogen and oxygen atoms in total. The third-order valence-electron chi connectivity index (χ3n) is 3.95. The van der Waals surface area contributed by atoms with Gasteiger partial charge in [-0.2, -0.15) is 0 Å². The van der Waals surface area contributed by atoms with Crippen LogP contribution >= 0.6 is 0 Å². The van der Waals surface area contributed by atoms with Crippen LogP contribution in [0.1, 0.15) is 38.2 Å². The number of benzene rings is 1. The van der Waals surface area contributed by atoms with E-state index >= 15 is 0 Å². The first kappa shape index (κ1) is 13.2. The van der Waals surface area contributed by atoms with Crippen molar-refractivity contribution >= 4 is 5.78 Å². The van der Waals surface area contributed by atoms with Gasteiger partial charge in [0, 0.05) is 12.3 Å². The Morgan fingerprint density at radius 3 is 2.78 bits per heavy atom. The Bertz CT molecular complexity index is 442. The van der Waals surface area contributed by atoms with Crippen LogP contribution in [0.25, 0.3) is 0 Å². The van der Waals surface area contributed by atoms with E-state index in [2.05, 4.69) is 6.92 Å². The lowest BCUT2D eigenvalue weighted by Crippen LogP contribution is -2.15. The van der Waals surface area contributed by atoms with Crippen LogP contribution in [0.5, 0.6) is 0 Å². The molecule has 0 amide bonds. The molecule has 18 heavy (non-hydrogen) atoms. The van der Waals surface area contributed by atoms with E-state index in [0.717, 1.165) is 43.9 Å². The van der Waals surface area contributed by atoms with Crippen molar-refractivity contribution in [2.24, 2.45) is 11.8 Å². The van der Waals surface area contributed by atoms with Crippen LogP contribution in [-0.2, 0) is 11.2 Å². The van der Waals surface area contributed by atoms with Crippen molar-refractivity contribution in [3.63, 3.8) is 0 Å². The van der Waals surface area contributed by atoms with Gasteiger partial charge in [0.2, 0.25) is 0 Å². The lowest BCUT2D eigenvalue weighted by atomic mass is 9.94. The number of carbonyl (C=O) groups is 1. The summed E-state index contributed by atoms with van der Waals surface area (Å²) in [6, 6.07) is 3.28. The highest BCUT2D eigenvalue weighted by molar-refractivity contribution is 5.83. The number of halogens is 2. The number of rotatable bonds is 4.